The third kappa shape index (κ3) is 4.08. The Morgan fingerprint density at radius 2 is 2.05 bits per heavy atom. The second-order valence-electron chi connectivity index (χ2n) is 4.31. The van der Waals surface area contributed by atoms with E-state index in [0.29, 0.717) is 17.7 Å². The molecule has 0 bridgehead atoms. The molecule has 0 aliphatic heterocycles. The van der Waals surface area contributed by atoms with Gasteiger partial charge in [0.1, 0.15) is 6.04 Å². The fourth-order valence-corrected chi connectivity index (χ4v) is 1.75. The van der Waals surface area contributed by atoms with Crippen molar-refractivity contribution in [2.45, 2.75) is 32.2 Å². The summed E-state index contributed by atoms with van der Waals surface area (Å²) >= 11 is 0. The first-order valence-electron chi connectivity index (χ1n) is 6.13. The number of hydrogen-bond acceptors (Lipinski definition) is 4. The summed E-state index contributed by atoms with van der Waals surface area (Å²) in [6.45, 7) is 1.83. The second kappa shape index (κ2) is 6.69. The summed E-state index contributed by atoms with van der Waals surface area (Å²) < 4.78 is 1.47. The molecule has 1 amide bonds. The number of carboxylic acids is 2. The van der Waals surface area contributed by atoms with Gasteiger partial charge in [0.25, 0.3) is 5.91 Å². The van der Waals surface area contributed by atoms with Gasteiger partial charge in [-0.25, -0.2) is 4.79 Å². The smallest absolute Gasteiger partial charge is 0.326 e. The van der Waals surface area contributed by atoms with Crippen LogP contribution in [0.3, 0.4) is 0 Å². The van der Waals surface area contributed by atoms with Crippen molar-refractivity contribution < 1.29 is 24.6 Å². The topological polar surface area (TPSA) is 122 Å². The van der Waals surface area contributed by atoms with Gasteiger partial charge in [-0.15, -0.1) is 0 Å². The first-order valence-corrected chi connectivity index (χ1v) is 6.13. The molecule has 0 aliphatic rings. The van der Waals surface area contributed by atoms with E-state index in [1.54, 1.807) is 7.05 Å². The standard InChI is InChI=1S/C12H17N3O5/c1-3-8-7(6-15(2)14-8)11(18)13-9(12(19)20)4-5-10(16)17/h6,9H,3-5H2,1-2H3,(H,13,18)(H,16,17)(H,19,20). The summed E-state index contributed by atoms with van der Waals surface area (Å²) in [6, 6.07) is -1.23. The molecule has 1 rings (SSSR count). The van der Waals surface area contributed by atoms with E-state index in [0.717, 1.165) is 0 Å². The Morgan fingerprint density at radius 3 is 2.55 bits per heavy atom. The molecule has 0 spiro atoms. The fraction of sp³-hybridized carbons (Fsp3) is 0.500. The lowest BCUT2D eigenvalue weighted by Crippen LogP contribution is -2.41. The minimum Gasteiger partial charge on any atom is -0.481 e. The van der Waals surface area contributed by atoms with Gasteiger partial charge in [-0.3, -0.25) is 14.3 Å². The third-order valence-corrected chi connectivity index (χ3v) is 2.74. The molecule has 1 atom stereocenters. The van der Waals surface area contributed by atoms with Crippen LogP contribution in [0.25, 0.3) is 0 Å². The summed E-state index contributed by atoms with van der Waals surface area (Å²) in [7, 11) is 1.66. The highest BCUT2D eigenvalue weighted by Crippen LogP contribution is 2.08. The van der Waals surface area contributed by atoms with Gasteiger partial charge in [0.15, 0.2) is 0 Å². The Balaban J connectivity index is 2.79. The van der Waals surface area contributed by atoms with E-state index in [4.69, 9.17) is 10.2 Å². The molecule has 0 radical (unpaired) electrons. The molecule has 1 aromatic heterocycles. The minimum atomic E-state index is -1.26. The van der Waals surface area contributed by atoms with E-state index in [2.05, 4.69) is 10.4 Å². The van der Waals surface area contributed by atoms with Gasteiger partial charge >= 0.3 is 11.9 Å². The number of rotatable bonds is 7. The van der Waals surface area contributed by atoms with Crippen LogP contribution < -0.4 is 5.32 Å². The molecule has 0 saturated heterocycles. The number of carbonyl (C=O) groups is 3. The van der Waals surface area contributed by atoms with Crippen molar-refractivity contribution in [3.63, 3.8) is 0 Å². The summed E-state index contributed by atoms with van der Waals surface area (Å²) in [5.74, 6) is -2.93. The number of hydrogen-bond donors (Lipinski definition) is 3. The van der Waals surface area contributed by atoms with E-state index < -0.39 is 23.9 Å². The predicted molar refractivity (Wildman–Crippen MR) is 68.3 cm³/mol. The average Bonchev–Trinajstić information content (AvgIpc) is 2.74. The van der Waals surface area contributed by atoms with E-state index in [1.165, 1.54) is 10.9 Å². The highest BCUT2D eigenvalue weighted by atomic mass is 16.4. The number of carbonyl (C=O) groups excluding carboxylic acids is 1. The zero-order chi connectivity index (χ0) is 15.3. The summed E-state index contributed by atoms with van der Waals surface area (Å²) in [4.78, 5) is 33.5. The fourth-order valence-electron chi connectivity index (χ4n) is 1.75. The molecule has 0 fully saturated rings. The van der Waals surface area contributed by atoms with Crippen molar-refractivity contribution in [2.75, 3.05) is 0 Å². The Kier molecular flexibility index (Phi) is 5.24. The summed E-state index contributed by atoms with van der Waals surface area (Å²) in [5, 5.41) is 24.0. The summed E-state index contributed by atoms with van der Waals surface area (Å²) in [6.07, 6.45) is 1.55. The number of amides is 1. The van der Waals surface area contributed by atoms with Gasteiger partial charge in [-0.2, -0.15) is 5.10 Å². The normalized spacial score (nSPS) is 11.9. The minimum absolute atomic E-state index is 0.169. The maximum absolute atomic E-state index is 12.0. The van der Waals surface area contributed by atoms with Gasteiger partial charge in [0.05, 0.1) is 11.3 Å². The van der Waals surface area contributed by atoms with Crippen molar-refractivity contribution in [1.82, 2.24) is 15.1 Å². The lowest BCUT2D eigenvalue weighted by molar-refractivity contribution is -0.140. The van der Waals surface area contributed by atoms with E-state index in [1.807, 2.05) is 6.92 Å². The first-order chi connectivity index (χ1) is 9.35. The van der Waals surface area contributed by atoms with Gasteiger partial charge in [0.2, 0.25) is 0 Å². The van der Waals surface area contributed by atoms with Crippen LogP contribution in [-0.2, 0) is 23.1 Å². The van der Waals surface area contributed by atoms with Crippen LogP contribution >= 0.6 is 0 Å². The number of aliphatic carboxylic acids is 2. The van der Waals surface area contributed by atoms with Crippen LogP contribution in [0, 0.1) is 0 Å². The molecule has 0 aromatic carbocycles. The third-order valence-electron chi connectivity index (χ3n) is 2.74. The van der Waals surface area contributed by atoms with E-state index in [9.17, 15) is 14.4 Å². The number of aryl methyl sites for hydroxylation is 2. The molecule has 1 heterocycles. The van der Waals surface area contributed by atoms with Gasteiger partial charge in [-0.1, -0.05) is 6.92 Å². The lowest BCUT2D eigenvalue weighted by atomic mass is 10.1. The van der Waals surface area contributed by atoms with Crippen LogP contribution in [0.4, 0.5) is 0 Å². The van der Waals surface area contributed by atoms with Crippen LogP contribution in [0.1, 0.15) is 35.8 Å². The molecular weight excluding hydrogens is 266 g/mol. The largest absolute Gasteiger partial charge is 0.481 e. The van der Waals surface area contributed by atoms with Crippen LogP contribution in [0.5, 0.6) is 0 Å². The Bertz CT molecular complexity index is 523. The highest BCUT2D eigenvalue weighted by molar-refractivity contribution is 5.97. The molecule has 3 N–H and O–H groups in total. The Labute approximate surface area is 115 Å². The van der Waals surface area contributed by atoms with Crippen molar-refractivity contribution in [3.05, 3.63) is 17.5 Å². The molecule has 8 nitrogen and oxygen atoms in total. The number of nitrogens with one attached hydrogen (secondary N) is 1. The van der Waals surface area contributed by atoms with Crippen molar-refractivity contribution >= 4 is 17.8 Å². The van der Waals surface area contributed by atoms with Gasteiger partial charge in [0, 0.05) is 19.7 Å². The van der Waals surface area contributed by atoms with Gasteiger partial charge < -0.3 is 15.5 Å². The molecule has 20 heavy (non-hydrogen) atoms. The molecule has 1 unspecified atom stereocenters. The first kappa shape index (κ1) is 15.7. The number of carboxylic acid groups (broad SMARTS) is 2. The Morgan fingerprint density at radius 1 is 1.40 bits per heavy atom. The molecule has 110 valence electrons. The molecule has 8 heteroatoms. The quantitative estimate of drug-likeness (QED) is 0.649. The maximum atomic E-state index is 12.0. The Hall–Kier alpha value is -2.38. The van der Waals surface area contributed by atoms with E-state index in [-0.39, 0.29) is 12.8 Å². The molecule has 0 aliphatic carbocycles. The zero-order valence-electron chi connectivity index (χ0n) is 11.3. The van der Waals surface area contributed by atoms with E-state index >= 15 is 0 Å². The van der Waals surface area contributed by atoms with Crippen LogP contribution in [-0.4, -0.2) is 43.9 Å². The monoisotopic (exact) mass is 283 g/mol. The number of aromatic nitrogens is 2. The molecular formula is C12H17N3O5. The van der Waals surface area contributed by atoms with Crippen molar-refractivity contribution in [3.8, 4) is 0 Å². The predicted octanol–water partition coefficient (Wildman–Crippen LogP) is 0.0303. The summed E-state index contributed by atoms with van der Waals surface area (Å²) in [5.41, 5.74) is 0.865. The van der Waals surface area contributed by atoms with Crippen molar-refractivity contribution in [2.24, 2.45) is 7.05 Å². The SMILES string of the molecule is CCc1nn(C)cc1C(=O)NC(CCC(=O)O)C(=O)O. The van der Waals surface area contributed by atoms with Crippen LogP contribution in [0.15, 0.2) is 6.20 Å². The van der Waals surface area contributed by atoms with Crippen LogP contribution in [0.2, 0.25) is 0 Å². The average molecular weight is 283 g/mol. The molecule has 1 aromatic rings. The maximum Gasteiger partial charge on any atom is 0.326 e. The highest BCUT2D eigenvalue weighted by Gasteiger charge is 2.23. The lowest BCUT2D eigenvalue weighted by Gasteiger charge is -2.13. The second-order valence-corrected chi connectivity index (χ2v) is 4.31. The van der Waals surface area contributed by atoms with Crippen molar-refractivity contribution in [1.29, 1.82) is 0 Å². The zero-order valence-corrected chi connectivity index (χ0v) is 11.3. The molecule has 0 saturated carbocycles. The van der Waals surface area contributed by atoms with Gasteiger partial charge in [-0.05, 0) is 12.8 Å². The number of nitrogens with zero attached hydrogens (tertiary/aromatic N) is 2.